The fourth-order valence-electron chi connectivity index (χ4n) is 2.32. The minimum absolute atomic E-state index is 0. The third-order valence-corrected chi connectivity index (χ3v) is 3.67. The molecular weight excluding hydrogens is 338 g/mol. The number of carbonyl (C=O) groups excluding carboxylic acids is 2. The zero-order chi connectivity index (χ0) is 18.3. The van der Waals surface area contributed by atoms with Gasteiger partial charge in [0.25, 0.3) is 0 Å². The Morgan fingerprint density at radius 1 is 1.20 bits per heavy atom. The highest BCUT2D eigenvalue weighted by molar-refractivity contribution is 5.88. The van der Waals surface area contributed by atoms with Crippen molar-refractivity contribution in [2.24, 2.45) is 0 Å². The summed E-state index contributed by atoms with van der Waals surface area (Å²) >= 11 is 0. The minimum atomic E-state index is -1.22. The van der Waals surface area contributed by atoms with Crippen LogP contribution in [-0.2, 0) is 19.1 Å². The number of rotatable bonds is 9. The van der Waals surface area contributed by atoms with Crippen LogP contribution in [0.5, 0.6) is 0 Å². The number of carboxylic acids is 1. The number of carbonyl (C=O) groups is 3. The molecule has 10 heteroatoms. The number of hydrogen-bond donors (Lipinski definition) is 5. The van der Waals surface area contributed by atoms with E-state index in [0.29, 0.717) is 6.42 Å². The number of amides is 1. The van der Waals surface area contributed by atoms with Gasteiger partial charge >= 0.3 is 12.1 Å². The summed E-state index contributed by atoms with van der Waals surface area (Å²) < 4.78 is 10.1. The van der Waals surface area contributed by atoms with Gasteiger partial charge in [0.2, 0.25) is 0 Å². The van der Waals surface area contributed by atoms with E-state index in [9.17, 15) is 24.6 Å². The molecule has 0 radical (unpaired) electrons. The van der Waals surface area contributed by atoms with Crippen LogP contribution in [0.4, 0.5) is 4.79 Å². The van der Waals surface area contributed by atoms with E-state index in [1.165, 1.54) is 0 Å². The molecule has 0 spiro atoms. The lowest BCUT2D eigenvalue weighted by Crippen LogP contribution is -2.41. The standard InChI is InChI=1S/C14H23NO9.CH4/c1-7(17)8(5-11(18)19)15-14(22)23-4-2-3-9-12(20)13(21)10(6-16)24-9;/h8-10,12-13,16,20-21H,2-6H2,1H3,(H,15,22)(H,18,19);1H4. The van der Waals surface area contributed by atoms with Gasteiger partial charge in [-0.2, -0.15) is 0 Å². The Morgan fingerprint density at radius 2 is 1.80 bits per heavy atom. The molecule has 1 heterocycles. The van der Waals surface area contributed by atoms with Crippen LogP contribution < -0.4 is 5.32 Å². The van der Waals surface area contributed by atoms with Gasteiger partial charge in [0.05, 0.1) is 25.7 Å². The fraction of sp³-hybridized carbons (Fsp3) is 0.800. The first-order valence-corrected chi connectivity index (χ1v) is 7.54. The molecule has 146 valence electrons. The van der Waals surface area contributed by atoms with Gasteiger partial charge in [0, 0.05) is 0 Å². The minimum Gasteiger partial charge on any atom is -0.481 e. The molecule has 25 heavy (non-hydrogen) atoms. The van der Waals surface area contributed by atoms with Crippen LogP contribution in [0.1, 0.15) is 33.6 Å². The number of aliphatic carboxylic acids is 1. The number of Topliss-reactive ketones (excluding diaryl/α,β-unsaturated/α-hetero) is 1. The highest BCUT2D eigenvalue weighted by Gasteiger charge is 2.41. The maximum Gasteiger partial charge on any atom is 0.407 e. The van der Waals surface area contributed by atoms with Crippen LogP contribution in [0.25, 0.3) is 0 Å². The first-order valence-electron chi connectivity index (χ1n) is 7.54. The fourth-order valence-corrected chi connectivity index (χ4v) is 2.32. The Balaban J connectivity index is 0.00000576. The first-order chi connectivity index (χ1) is 11.3. The molecule has 10 nitrogen and oxygen atoms in total. The lowest BCUT2D eigenvalue weighted by atomic mass is 10.0. The molecule has 1 aliphatic rings. The number of ketones is 1. The molecular formula is C15H27NO9. The van der Waals surface area contributed by atoms with E-state index >= 15 is 0 Å². The van der Waals surface area contributed by atoms with E-state index in [2.05, 4.69) is 5.32 Å². The molecule has 5 unspecified atom stereocenters. The van der Waals surface area contributed by atoms with E-state index in [1.807, 2.05) is 0 Å². The largest absolute Gasteiger partial charge is 0.481 e. The van der Waals surface area contributed by atoms with Gasteiger partial charge in [-0.3, -0.25) is 9.59 Å². The molecule has 0 aromatic heterocycles. The van der Waals surface area contributed by atoms with E-state index in [0.717, 1.165) is 6.92 Å². The van der Waals surface area contributed by atoms with E-state index in [1.54, 1.807) is 0 Å². The van der Waals surface area contributed by atoms with Crippen molar-refractivity contribution in [3.8, 4) is 0 Å². The van der Waals surface area contributed by atoms with Gasteiger partial charge in [0.1, 0.15) is 24.4 Å². The monoisotopic (exact) mass is 365 g/mol. The number of aliphatic hydroxyl groups excluding tert-OH is 3. The summed E-state index contributed by atoms with van der Waals surface area (Å²) in [6.45, 7) is 0.704. The number of alkyl carbamates (subject to hydrolysis) is 1. The topological polar surface area (TPSA) is 163 Å². The smallest absolute Gasteiger partial charge is 0.407 e. The van der Waals surface area contributed by atoms with Crippen molar-refractivity contribution in [1.29, 1.82) is 0 Å². The lowest BCUT2D eigenvalue weighted by Gasteiger charge is -2.16. The number of carboxylic acid groups (broad SMARTS) is 1. The molecule has 5 atom stereocenters. The van der Waals surface area contributed by atoms with Crippen LogP contribution in [-0.4, -0.2) is 81.9 Å². The summed E-state index contributed by atoms with van der Waals surface area (Å²) in [6.07, 6.45) is -4.69. The lowest BCUT2D eigenvalue weighted by molar-refractivity contribution is -0.139. The number of ether oxygens (including phenoxy) is 2. The molecule has 5 N–H and O–H groups in total. The van der Waals surface area contributed by atoms with Crippen LogP contribution >= 0.6 is 0 Å². The molecule has 1 fully saturated rings. The predicted octanol–water partition coefficient (Wildman–Crippen LogP) is -0.957. The van der Waals surface area contributed by atoms with Crippen molar-refractivity contribution in [2.75, 3.05) is 13.2 Å². The Labute approximate surface area is 145 Å². The van der Waals surface area contributed by atoms with Crippen molar-refractivity contribution in [1.82, 2.24) is 5.32 Å². The average Bonchev–Trinajstić information content (AvgIpc) is 2.78. The Bertz CT molecular complexity index is 456. The summed E-state index contributed by atoms with van der Waals surface area (Å²) in [5.41, 5.74) is 0. The molecule has 0 saturated carbocycles. The van der Waals surface area contributed by atoms with Gasteiger partial charge in [-0.1, -0.05) is 7.43 Å². The second-order valence-corrected chi connectivity index (χ2v) is 5.56. The van der Waals surface area contributed by atoms with Crippen molar-refractivity contribution in [2.45, 2.75) is 64.1 Å². The Kier molecular flexibility index (Phi) is 10.2. The highest BCUT2D eigenvalue weighted by atomic mass is 16.6. The van der Waals surface area contributed by atoms with E-state index in [-0.39, 0.29) is 20.5 Å². The van der Waals surface area contributed by atoms with Gasteiger partial charge in [-0.15, -0.1) is 0 Å². The molecule has 0 aromatic rings. The quantitative estimate of drug-likeness (QED) is 0.324. The average molecular weight is 365 g/mol. The van der Waals surface area contributed by atoms with Gasteiger partial charge < -0.3 is 35.2 Å². The summed E-state index contributed by atoms with van der Waals surface area (Å²) in [5.74, 6) is -1.72. The third kappa shape index (κ3) is 7.34. The van der Waals surface area contributed by atoms with Crippen LogP contribution in [0.2, 0.25) is 0 Å². The summed E-state index contributed by atoms with van der Waals surface area (Å²) in [4.78, 5) is 33.3. The van der Waals surface area contributed by atoms with Crippen molar-refractivity contribution < 1.29 is 44.3 Å². The second-order valence-electron chi connectivity index (χ2n) is 5.56. The third-order valence-electron chi connectivity index (χ3n) is 3.67. The number of aliphatic hydroxyl groups is 3. The molecule has 0 aromatic carbocycles. The SMILES string of the molecule is C.CC(=O)C(CC(=O)O)NC(=O)OCCCC1OC(CO)C(O)C1O. The van der Waals surface area contributed by atoms with E-state index in [4.69, 9.17) is 19.7 Å². The first kappa shape index (κ1) is 23.2. The molecule has 1 saturated heterocycles. The van der Waals surface area contributed by atoms with Crippen molar-refractivity contribution >= 4 is 17.8 Å². The number of hydrogen-bond acceptors (Lipinski definition) is 8. The predicted molar refractivity (Wildman–Crippen MR) is 84.9 cm³/mol. The summed E-state index contributed by atoms with van der Waals surface area (Å²) in [5, 5.41) is 39.1. The maximum atomic E-state index is 11.5. The number of nitrogens with one attached hydrogen (secondary N) is 1. The zero-order valence-corrected chi connectivity index (χ0v) is 13.3. The zero-order valence-electron chi connectivity index (χ0n) is 13.3. The van der Waals surface area contributed by atoms with Gasteiger partial charge in [0.15, 0.2) is 5.78 Å². The van der Waals surface area contributed by atoms with Crippen molar-refractivity contribution in [3.05, 3.63) is 0 Å². The van der Waals surface area contributed by atoms with E-state index < -0.39 is 61.3 Å². The Morgan fingerprint density at radius 3 is 2.28 bits per heavy atom. The van der Waals surface area contributed by atoms with Crippen molar-refractivity contribution in [3.63, 3.8) is 0 Å². The normalized spacial score (nSPS) is 26.4. The molecule has 1 rings (SSSR count). The maximum absolute atomic E-state index is 11.5. The molecule has 0 bridgehead atoms. The molecule has 0 aliphatic carbocycles. The molecule has 1 amide bonds. The summed E-state index contributed by atoms with van der Waals surface area (Å²) in [6, 6.07) is -1.16. The Hall–Kier alpha value is -1.75. The van der Waals surface area contributed by atoms with Crippen LogP contribution in [0, 0.1) is 0 Å². The van der Waals surface area contributed by atoms with Gasteiger partial charge in [-0.25, -0.2) is 4.79 Å². The van der Waals surface area contributed by atoms with Crippen LogP contribution in [0.3, 0.4) is 0 Å². The summed E-state index contributed by atoms with van der Waals surface area (Å²) in [7, 11) is 0. The van der Waals surface area contributed by atoms with Gasteiger partial charge in [-0.05, 0) is 19.8 Å². The highest BCUT2D eigenvalue weighted by Crippen LogP contribution is 2.24. The van der Waals surface area contributed by atoms with Crippen LogP contribution in [0.15, 0.2) is 0 Å². The molecule has 1 aliphatic heterocycles. The second kappa shape index (κ2) is 11.0.